The number of pyridine rings is 1. The van der Waals surface area contributed by atoms with Gasteiger partial charge in [0.05, 0.1) is 5.75 Å². The van der Waals surface area contributed by atoms with E-state index in [2.05, 4.69) is 26.2 Å². The van der Waals surface area contributed by atoms with E-state index >= 15 is 0 Å². The molecule has 0 radical (unpaired) electrons. The number of anilines is 1. The number of rotatable bonds is 3. The van der Waals surface area contributed by atoms with Gasteiger partial charge in [-0.05, 0) is 34.3 Å². The molecule has 70 valence electrons. The van der Waals surface area contributed by atoms with Gasteiger partial charge < -0.3 is 5.32 Å². The van der Waals surface area contributed by atoms with Crippen LogP contribution in [-0.2, 0) is 4.79 Å². The van der Waals surface area contributed by atoms with E-state index in [1.54, 1.807) is 6.07 Å². The monoisotopic (exact) mass is 260 g/mol. The Balaban J connectivity index is 2.58. The van der Waals surface area contributed by atoms with Crippen molar-refractivity contribution in [1.82, 2.24) is 4.98 Å². The van der Waals surface area contributed by atoms with Gasteiger partial charge in [-0.25, -0.2) is 4.98 Å². The molecule has 1 aromatic heterocycles. The van der Waals surface area contributed by atoms with Crippen LogP contribution in [0.2, 0.25) is 0 Å². The predicted octanol–water partition coefficient (Wildman–Crippen LogP) is 2.15. The fourth-order valence-electron chi connectivity index (χ4n) is 0.788. The van der Waals surface area contributed by atoms with Gasteiger partial charge in [-0.2, -0.15) is 11.8 Å². The summed E-state index contributed by atoms with van der Waals surface area (Å²) < 4.78 is 0.717. The summed E-state index contributed by atoms with van der Waals surface area (Å²) in [7, 11) is 0. The molecule has 0 aliphatic heterocycles. The number of thioether (sulfide) groups is 1. The molecule has 0 saturated carbocycles. The Kier molecular flexibility index (Phi) is 4.24. The maximum Gasteiger partial charge on any atom is 0.235 e. The van der Waals surface area contributed by atoms with Gasteiger partial charge in [-0.3, -0.25) is 4.79 Å². The third-order valence-corrected chi connectivity index (χ3v) is 2.25. The SMILES string of the molecule is CSCC(=O)Nc1cccc(Br)n1. The maximum atomic E-state index is 11.1. The Morgan fingerprint density at radius 3 is 3.08 bits per heavy atom. The maximum absolute atomic E-state index is 11.1. The molecule has 13 heavy (non-hydrogen) atoms. The number of nitrogens with one attached hydrogen (secondary N) is 1. The molecule has 1 rings (SSSR count). The Labute approximate surface area is 89.4 Å². The van der Waals surface area contributed by atoms with Crippen LogP contribution in [0.15, 0.2) is 22.8 Å². The van der Waals surface area contributed by atoms with E-state index in [9.17, 15) is 4.79 Å². The molecular weight excluding hydrogens is 252 g/mol. The van der Waals surface area contributed by atoms with Crippen molar-refractivity contribution in [3.63, 3.8) is 0 Å². The molecule has 0 spiro atoms. The van der Waals surface area contributed by atoms with E-state index in [-0.39, 0.29) is 5.91 Å². The first-order valence-electron chi connectivity index (χ1n) is 3.63. The molecule has 0 atom stereocenters. The zero-order valence-corrected chi connectivity index (χ0v) is 9.48. The lowest BCUT2D eigenvalue weighted by molar-refractivity contribution is -0.113. The molecule has 0 aliphatic carbocycles. The van der Waals surface area contributed by atoms with E-state index in [4.69, 9.17) is 0 Å². The highest BCUT2D eigenvalue weighted by Crippen LogP contribution is 2.10. The Bertz CT molecular complexity index is 306. The van der Waals surface area contributed by atoms with Crippen molar-refractivity contribution < 1.29 is 4.79 Å². The summed E-state index contributed by atoms with van der Waals surface area (Å²) in [5, 5.41) is 2.68. The highest BCUT2D eigenvalue weighted by atomic mass is 79.9. The molecule has 1 N–H and O–H groups in total. The molecule has 5 heteroatoms. The van der Waals surface area contributed by atoms with Crippen LogP contribution in [0.1, 0.15) is 0 Å². The van der Waals surface area contributed by atoms with Gasteiger partial charge in [0.1, 0.15) is 10.4 Å². The third-order valence-electron chi connectivity index (χ3n) is 1.26. The number of hydrogen-bond donors (Lipinski definition) is 1. The number of carbonyl (C=O) groups is 1. The van der Waals surface area contributed by atoms with Crippen LogP contribution in [-0.4, -0.2) is 22.9 Å². The lowest BCUT2D eigenvalue weighted by Crippen LogP contribution is -2.14. The molecule has 0 unspecified atom stereocenters. The van der Waals surface area contributed by atoms with Crippen LogP contribution in [0.25, 0.3) is 0 Å². The van der Waals surface area contributed by atoms with Gasteiger partial charge in [-0.15, -0.1) is 0 Å². The molecule has 0 fully saturated rings. The normalized spacial score (nSPS) is 9.69. The Hall–Kier alpha value is -0.550. The number of amides is 1. The van der Waals surface area contributed by atoms with E-state index in [1.165, 1.54) is 11.8 Å². The van der Waals surface area contributed by atoms with Crippen LogP contribution >= 0.6 is 27.7 Å². The smallest absolute Gasteiger partial charge is 0.235 e. The largest absolute Gasteiger partial charge is 0.310 e. The minimum Gasteiger partial charge on any atom is -0.310 e. The first kappa shape index (κ1) is 10.5. The lowest BCUT2D eigenvalue weighted by Gasteiger charge is -2.02. The van der Waals surface area contributed by atoms with E-state index in [0.29, 0.717) is 11.6 Å². The van der Waals surface area contributed by atoms with Crippen molar-refractivity contribution in [3.8, 4) is 0 Å². The van der Waals surface area contributed by atoms with Crippen molar-refractivity contribution in [3.05, 3.63) is 22.8 Å². The minimum atomic E-state index is -0.0295. The summed E-state index contributed by atoms with van der Waals surface area (Å²) in [6.07, 6.45) is 1.88. The summed E-state index contributed by atoms with van der Waals surface area (Å²) in [6.45, 7) is 0. The lowest BCUT2D eigenvalue weighted by atomic mass is 10.4. The number of nitrogens with zero attached hydrogens (tertiary/aromatic N) is 1. The van der Waals surface area contributed by atoms with Gasteiger partial charge in [0.25, 0.3) is 0 Å². The van der Waals surface area contributed by atoms with Gasteiger partial charge in [0, 0.05) is 0 Å². The summed E-state index contributed by atoms with van der Waals surface area (Å²) in [5.41, 5.74) is 0. The summed E-state index contributed by atoms with van der Waals surface area (Å²) in [4.78, 5) is 15.2. The zero-order valence-electron chi connectivity index (χ0n) is 7.08. The summed E-state index contributed by atoms with van der Waals surface area (Å²) in [5.74, 6) is 1.00. The first-order chi connectivity index (χ1) is 6.22. The molecule has 0 saturated heterocycles. The van der Waals surface area contributed by atoms with E-state index in [1.807, 2.05) is 18.4 Å². The molecule has 0 aromatic carbocycles. The molecule has 1 heterocycles. The Morgan fingerprint density at radius 1 is 1.69 bits per heavy atom. The summed E-state index contributed by atoms with van der Waals surface area (Å²) in [6, 6.07) is 5.39. The quantitative estimate of drug-likeness (QED) is 0.847. The second-order valence-electron chi connectivity index (χ2n) is 2.33. The fraction of sp³-hybridized carbons (Fsp3) is 0.250. The topological polar surface area (TPSA) is 42.0 Å². The van der Waals surface area contributed by atoms with Crippen LogP contribution in [0.3, 0.4) is 0 Å². The second kappa shape index (κ2) is 5.24. The molecule has 3 nitrogen and oxygen atoms in total. The third kappa shape index (κ3) is 3.78. The summed E-state index contributed by atoms with van der Waals surface area (Å²) >= 11 is 4.71. The number of aromatic nitrogens is 1. The van der Waals surface area contributed by atoms with Crippen molar-refractivity contribution in [2.45, 2.75) is 0 Å². The van der Waals surface area contributed by atoms with Crippen molar-refractivity contribution >= 4 is 39.4 Å². The first-order valence-corrected chi connectivity index (χ1v) is 5.82. The van der Waals surface area contributed by atoms with Gasteiger partial charge in [0.15, 0.2) is 0 Å². The molecule has 0 aliphatic rings. The van der Waals surface area contributed by atoms with E-state index < -0.39 is 0 Å². The molecule has 1 amide bonds. The zero-order chi connectivity index (χ0) is 9.68. The van der Waals surface area contributed by atoms with Crippen LogP contribution < -0.4 is 5.32 Å². The van der Waals surface area contributed by atoms with Crippen LogP contribution in [0, 0.1) is 0 Å². The average Bonchev–Trinajstić information content (AvgIpc) is 2.04. The standard InChI is InChI=1S/C8H9BrN2OS/c1-13-5-8(12)11-7-4-2-3-6(9)10-7/h2-4H,5H2,1H3,(H,10,11,12). The predicted molar refractivity (Wildman–Crippen MR) is 58.9 cm³/mol. The van der Waals surface area contributed by atoms with E-state index in [0.717, 1.165) is 4.60 Å². The number of halogens is 1. The van der Waals surface area contributed by atoms with Crippen molar-refractivity contribution in [2.24, 2.45) is 0 Å². The fourth-order valence-corrected chi connectivity index (χ4v) is 1.47. The number of hydrogen-bond acceptors (Lipinski definition) is 3. The van der Waals surface area contributed by atoms with Crippen molar-refractivity contribution in [2.75, 3.05) is 17.3 Å². The molecular formula is C8H9BrN2OS. The molecule has 1 aromatic rings. The number of carbonyl (C=O) groups excluding carboxylic acids is 1. The molecule has 0 bridgehead atoms. The minimum absolute atomic E-state index is 0.0295. The van der Waals surface area contributed by atoms with Crippen LogP contribution in [0.4, 0.5) is 5.82 Å². The van der Waals surface area contributed by atoms with Crippen LogP contribution in [0.5, 0.6) is 0 Å². The highest BCUT2D eigenvalue weighted by molar-refractivity contribution is 9.10. The van der Waals surface area contributed by atoms with Crippen molar-refractivity contribution in [1.29, 1.82) is 0 Å². The average molecular weight is 261 g/mol. The highest BCUT2D eigenvalue weighted by Gasteiger charge is 2.01. The van der Waals surface area contributed by atoms with Gasteiger partial charge in [0.2, 0.25) is 5.91 Å². The second-order valence-corrected chi connectivity index (χ2v) is 4.01. The van der Waals surface area contributed by atoms with Gasteiger partial charge >= 0.3 is 0 Å². The van der Waals surface area contributed by atoms with Gasteiger partial charge in [-0.1, -0.05) is 6.07 Å². The Morgan fingerprint density at radius 2 is 2.46 bits per heavy atom.